The summed E-state index contributed by atoms with van der Waals surface area (Å²) in [4.78, 5) is 12.7. The molecule has 0 aliphatic carbocycles. The number of benzene rings is 1. The van der Waals surface area contributed by atoms with Gasteiger partial charge in [0.2, 0.25) is 0 Å². The van der Waals surface area contributed by atoms with Crippen molar-refractivity contribution in [3.05, 3.63) is 58.9 Å². The second-order valence-corrected chi connectivity index (χ2v) is 6.43. The maximum atomic E-state index is 13.7. The Kier molecular flexibility index (Phi) is 8.18. The molecule has 0 amide bonds. The molecule has 0 aliphatic heterocycles. The number of hydrogen-bond acceptors (Lipinski definition) is 4. The fourth-order valence-electron chi connectivity index (χ4n) is 2.08. The summed E-state index contributed by atoms with van der Waals surface area (Å²) in [7, 11) is 3.46. The van der Waals surface area contributed by atoms with Crippen molar-refractivity contribution < 1.29 is 22.4 Å². The molecule has 0 bridgehead atoms. The lowest BCUT2D eigenvalue weighted by Gasteiger charge is -2.32. The molecule has 0 fully saturated rings. The van der Waals surface area contributed by atoms with Crippen molar-refractivity contribution in [2.24, 2.45) is 0 Å². The van der Waals surface area contributed by atoms with Gasteiger partial charge >= 0.3 is 6.18 Å². The maximum absolute atomic E-state index is 13.7. The van der Waals surface area contributed by atoms with Gasteiger partial charge in [0.25, 0.3) is 0 Å². The number of aldehydes is 1. The van der Waals surface area contributed by atoms with E-state index in [1.54, 1.807) is 32.1 Å². The van der Waals surface area contributed by atoms with E-state index < -0.39 is 18.0 Å². The molecule has 0 N–H and O–H groups in total. The van der Waals surface area contributed by atoms with Crippen LogP contribution in [0.1, 0.15) is 18.5 Å². The van der Waals surface area contributed by atoms with Crippen LogP contribution in [0.5, 0.6) is 0 Å². The largest absolute Gasteiger partial charge is 0.408 e. The van der Waals surface area contributed by atoms with E-state index in [-0.39, 0.29) is 12.1 Å². The van der Waals surface area contributed by atoms with E-state index >= 15 is 0 Å². The van der Waals surface area contributed by atoms with E-state index in [0.717, 1.165) is 40.5 Å². The van der Waals surface area contributed by atoms with Crippen LogP contribution in [0.4, 0.5) is 17.6 Å². The molecule has 0 radical (unpaired) electrons. The summed E-state index contributed by atoms with van der Waals surface area (Å²) in [6.07, 6.45) is 0.292. The van der Waals surface area contributed by atoms with E-state index in [1.807, 2.05) is 0 Å². The number of nitrogens with zero attached hydrogens (tertiary/aromatic N) is 2. The molecule has 1 atom stereocenters. The molecule has 0 saturated heterocycles. The molecule has 0 saturated carbocycles. The van der Waals surface area contributed by atoms with Crippen molar-refractivity contribution in [2.75, 3.05) is 20.6 Å². The Morgan fingerprint density at radius 1 is 1.24 bits per heavy atom. The molecular weight excluding hydrogens is 356 g/mol. The molecule has 138 valence electrons. The normalized spacial score (nSPS) is 14.2. The number of alkyl halides is 3. The van der Waals surface area contributed by atoms with Gasteiger partial charge in [-0.1, -0.05) is 19.1 Å². The molecule has 8 heteroatoms. The SMILES string of the molecule is CCN(SC(/C=C\C=O)=C/N(C)C)C(c1ccc(F)cc1)C(F)(F)F. The van der Waals surface area contributed by atoms with Crippen molar-refractivity contribution in [1.82, 2.24) is 9.21 Å². The Morgan fingerprint density at radius 2 is 1.84 bits per heavy atom. The van der Waals surface area contributed by atoms with Gasteiger partial charge in [-0.3, -0.25) is 4.79 Å². The highest BCUT2D eigenvalue weighted by molar-refractivity contribution is 8.01. The van der Waals surface area contributed by atoms with Crippen molar-refractivity contribution >= 4 is 18.2 Å². The third kappa shape index (κ3) is 6.91. The summed E-state index contributed by atoms with van der Waals surface area (Å²) in [5, 5.41) is 0. The van der Waals surface area contributed by atoms with Crippen LogP contribution in [0, 0.1) is 5.82 Å². The monoisotopic (exact) mass is 376 g/mol. The van der Waals surface area contributed by atoms with Crippen LogP contribution in [0.3, 0.4) is 0 Å². The van der Waals surface area contributed by atoms with Gasteiger partial charge in [-0.15, -0.1) is 0 Å². The highest BCUT2D eigenvalue weighted by atomic mass is 32.2. The molecule has 25 heavy (non-hydrogen) atoms. The van der Waals surface area contributed by atoms with E-state index in [4.69, 9.17) is 0 Å². The number of hydrogen-bond donors (Lipinski definition) is 0. The Hall–Kier alpha value is -1.80. The molecule has 0 aliphatic rings. The Balaban J connectivity index is 3.22. The molecule has 0 spiro atoms. The lowest BCUT2D eigenvalue weighted by atomic mass is 10.1. The second kappa shape index (κ2) is 9.62. The van der Waals surface area contributed by atoms with Crippen LogP contribution in [0.25, 0.3) is 0 Å². The van der Waals surface area contributed by atoms with Crippen LogP contribution < -0.4 is 0 Å². The van der Waals surface area contributed by atoms with E-state index in [9.17, 15) is 22.4 Å². The molecule has 1 aromatic carbocycles. The van der Waals surface area contributed by atoms with Crippen LogP contribution in [0.15, 0.2) is 47.5 Å². The third-order valence-electron chi connectivity index (χ3n) is 3.04. The fraction of sp³-hybridized carbons (Fsp3) is 0.353. The van der Waals surface area contributed by atoms with Crippen molar-refractivity contribution in [3.63, 3.8) is 0 Å². The molecule has 0 aromatic heterocycles. The molecule has 0 heterocycles. The first-order valence-corrected chi connectivity index (χ1v) is 8.23. The molecule has 1 rings (SSSR count). The predicted molar refractivity (Wildman–Crippen MR) is 92.1 cm³/mol. The molecule has 1 unspecified atom stereocenters. The van der Waals surface area contributed by atoms with Gasteiger partial charge in [-0.2, -0.15) is 13.2 Å². The Morgan fingerprint density at radius 3 is 2.28 bits per heavy atom. The summed E-state index contributed by atoms with van der Waals surface area (Å²) in [6, 6.07) is 2.38. The van der Waals surface area contributed by atoms with Crippen LogP contribution in [-0.2, 0) is 4.79 Å². The highest BCUT2D eigenvalue weighted by Gasteiger charge is 2.44. The summed E-state index contributed by atoms with van der Waals surface area (Å²) in [5.41, 5.74) is -0.0492. The van der Waals surface area contributed by atoms with E-state index in [2.05, 4.69) is 0 Å². The summed E-state index contributed by atoms with van der Waals surface area (Å²) in [5.74, 6) is -0.595. The second-order valence-electron chi connectivity index (χ2n) is 5.31. The first kappa shape index (κ1) is 21.2. The number of rotatable bonds is 8. The Labute approximate surface area is 149 Å². The topological polar surface area (TPSA) is 23.6 Å². The van der Waals surface area contributed by atoms with E-state index in [1.165, 1.54) is 12.2 Å². The summed E-state index contributed by atoms with van der Waals surface area (Å²) < 4.78 is 55.2. The van der Waals surface area contributed by atoms with Gasteiger partial charge in [-0.05, 0) is 41.8 Å². The van der Waals surface area contributed by atoms with Crippen LogP contribution in [-0.4, -0.2) is 42.3 Å². The molecule has 3 nitrogen and oxygen atoms in total. The third-order valence-corrected chi connectivity index (χ3v) is 4.20. The van der Waals surface area contributed by atoms with Crippen LogP contribution in [0.2, 0.25) is 0 Å². The zero-order valence-electron chi connectivity index (χ0n) is 14.1. The summed E-state index contributed by atoms with van der Waals surface area (Å²) >= 11 is 0.885. The van der Waals surface area contributed by atoms with Crippen LogP contribution >= 0.6 is 11.9 Å². The zero-order chi connectivity index (χ0) is 19.0. The first-order valence-electron chi connectivity index (χ1n) is 7.46. The van der Waals surface area contributed by atoms with Gasteiger partial charge in [0, 0.05) is 31.7 Å². The first-order chi connectivity index (χ1) is 11.7. The fourth-order valence-corrected chi connectivity index (χ4v) is 3.23. The van der Waals surface area contributed by atoms with Gasteiger partial charge in [0.1, 0.15) is 18.1 Å². The zero-order valence-corrected chi connectivity index (χ0v) is 14.9. The lowest BCUT2D eigenvalue weighted by Crippen LogP contribution is -2.34. The number of allylic oxidation sites excluding steroid dienone is 2. The quantitative estimate of drug-likeness (QED) is 0.218. The smallest absolute Gasteiger partial charge is 0.383 e. The molecule has 1 aromatic rings. The van der Waals surface area contributed by atoms with E-state index in [0.29, 0.717) is 11.2 Å². The van der Waals surface area contributed by atoms with Crippen molar-refractivity contribution in [1.29, 1.82) is 0 Å². The predicted octanol–water partition coefficient (Wildman–Crippen LogP) is 4.56. The minimum atomic E-state index is -4.54. The van der Waals surface area contributed by atoms with Gasteiger partial charge in [0.05, 0.1) is 0 Å². The summed E-state index contributed by atoms with van der Waals surface area (Å²) in [6.45, 7) is 1.69. The van der Waals surface area contributed by atoms with Gasteiger partial charge in [0.15, 0.2) is 0 Å². The number of halogens is 4. The average molecular weight is 376 g/mol. The molecular formula is C17H20F4N2OS. The lowest BCUT2D eigenvalue weighted by molar-refractivity contribution is -0.172. The van der Waals surface area contributed by atoms with Gasteiger partial charge in [-0.25, -0.2) is 8.70 Å². The highest BCUT2D eigenvalue weighted by Crippen LogP contribution is 2.42. The van der Waals surface area contributed by atoms with Gasteiger partial charge < -0.3 is 4.90 Å². The standard InChI is InChI=1S/C17H20F4N2OS/c1-4-23(25-15(6-5-11-24)12-22(2)3)16(17(19,20)21)13-7-9-14(18)10-8-13/h5-12,16H,4H2,1-3H3/b6-5-,15-12+. The number of carbonyl (C=O) groups is 1. The van der Waals surface area contributed by atoms with Crippen molar-refractivity contribution in [3.8, 4) is 0 Å². The minimum Gasteiger partial charge on any atom is -0.383 e. The Bertz CT molecular complexity index is 612. The average Bonchev–Trinajstić information content (AvgIpc) is 2.51. The minimum absolute atomic E-state index is 0.0492. The maximum Gasteiger partial charge on any atom is 0.408 e. The number of carbonyl (C=O) groups excluding carboxylic acids is 1. The van der Waals surface area contributed by atoms with Crippen molar-refractivity contribution in [2.45, 2.75) is 19.1 Å².